The van der Waals surface area contributed by atoms with Gasteiger partial charge in [0.25, 0.3) is 7.37 Å². The van der Waals surface area contributed by atoms with E-state index in [0.717, 1.165) is 10.6 Å². The minimum Gasteiger partial charge on any atom is -0.344 e. The predicted octanol–water partition coefficient (Wildman–Crippen LogP) is 2.72. The van der Waals surface area contributed by atoms with Crippen LogP contribution in [-0.4, -0.2) is 7.11 Å². The Morgan fingerprint density at radius 1 is 0.824 bits per heavy atom. The van der Waals surface area contributed by atoms with Gasteiger partial charge in [-0.3, -0.25) is 4.57 Å². The van der Waals surface area contributed by atoms with E-state index >= 15 is 0 Å². The van der Waals surface area contributed by atoms with Crippen molar-refractivity contribution in [2.24, 2.45) is 0 Å². The average molecular weight is 249 g/mol. The van der Waals surface area contributed by atoms with Crippen molar-refractivity contribution < 1.29 is 9.09 Å². The Labute approximate surface area is 101 Å². The van der Waals surface area contributed by atoms with Crippen molar-refractivity contribution in [3.63, 3.8) is 0 Å². The molecule has 0 fully saturated rings. The van der Waals surface area contributed by atoms with Crippen molar-refractivity contribution in [1.29, 1.82) is 0 Å². The largest absolute Gasteiger partial charge is 0.344 e. The molecule has 17 heavy (non-hydrogen) atoms. The molecule has 0 saturated heterocycles. The van der Waals surface area contributed by atoms with Gasteiger partial charge in [-0.2, -0.15) is 0 Å². The summed E-state index contributed by atoms with van der Waals surface area (Å²) in [6, 6.07) is 18.6. The van der Waals surface area contributed by atoms with Crippen LogP contribution >= 0.6 is 7.37 Å². The molecule has 0 aliphatic heterocycles. The summed E-state index contributed by atoms with van der Waals surface area (Å²) >= 11 is 0. The van der Waals surface area contributed by atoms with Crippen LogP contribution in [0.15, 0.2) is 60.7 Å². The highest BCUT2D eigenvalue weighted by Crippen LogP contribution is 2.43. The molecule has 0 aliphatic rings. The topological polar surface area (TPSA) is 61.3 Å². The average Bonchev–Trinajstić information content (AvgIpc) is 2.40. The van der Waals surface area contributed by atoms with E-state index < -0.39 is 7.37 Å². The van der Waals surface area contributed by atoms with Gasteiger partial charge in [-0.25, -0.2) is 0 Å². The van der Waals surface area contributed by atoms with E-state index in [9.17, 15) is 4.57 Å². The first kappa shape index (κ1) is 13.7. The summed E-state index contributed by atoms with van der Waals surface area (Å²) in [5.41, 5.74) is 0. The third kappa shape index (κ3) is 2.64. The molecule has 0 atom stereocenters. The lowest BCUT2D eigenvalue weighted by Gasteiger charge is -2.16. The van der Waals surface area contributed by atoms with E-state index in [1.54, 1.807) is 0 Å². The molecular weight excluding hydrogens is 233 g/mol. The van der Waals surface area contributed by atoms with Gasteiger partial charge in [0, 0.05) is 17.7 Å². The summed E-state index contributed by atoms with van der Waals surface area (Å²) in [5, 5.41) is 1.45. The predicted molar refractivity (Wildman–Crippen MR) is 71.8 cm³/mol. The van der Waals surface area contributed by atoms with Crippen molar-refractivity contribution >= 4 is 18.0 Å². The lowest BCUT2D eigenvalue weighted by Crippen LogP contribution is -2.16. The summed E-state index contributed by atoms with van der Waals surface area (Å²) in [6.07, 6.45) is 0. The molecule has 0 radical (unpaired) electrons. The third-order valence-electron chi connectivity index (χ3n) is 2.45. The molecular formula is C13H16NO2P. The highest BCUT2D eigenvalue weighted by molar-refractivity contribution is 7.74. The highest BCUT2D eigenvalue weighted by atomic mass is 31.2. The fourth-order valence-corrected chi connectivity index (χ4v) is 3.46. The maximum absolute atomic E-state index is 12.8. The zero-order valence-corrected chi connectivity index (χ0v) is 10.6. The molecule has 0 amide bonds. The van der Waals surface area contributed by atoms with Gasteiger partial charge in [0.2, 0.25) is 0 Å². The van der Waals surface area contributed by atoms with E-state index in [2.05, 4.69) is 0 Å². The van der Waals surface area contributed by atoms with Crippen LogP contribution < -0.4 is 16.8 Å². The van der Waals surface area contributed by atoms with Gasteiger partial charge in [0.1, 0.15) is 0 Å². The Balaban J connectivity index is 0.00000144. The summed E-state index contributed by atoms with van der Waals surface area (Å²) in [6.45, 7) is 0. The maximum Gasteiger partial charge on any atom is 0.261 e. The minimum absolute atomic E-state index is 0. The van der Waals surface area contributed by atoms with Crippen molar-refractivity contribution in [2.45, 2.75) is 0 Å². The molecule has 3 N–H and O–H groups in total. The Hall–Kier alpha value is -1.41. The number of hydrogen-bond donors (Lipinski definition) is 1. The van der Waals surface area contributed by atoms with Crippen molar-refractivity contribution in [2.75, 3.05) is 7.11 Å². The second kappa shape index (κ2) is 5.78. The van der Waals surface area contributed by atoms with Crippen LogP contribution in [0.25, 0.3) is 0 Å². The molecule has 0 aromatic heterocycles. The lowest BCUT2D eigenvalue weighted by atomic mass is 10.4. The van der Waals surface area contributed by atoms with Gasteiger partial charge in [0.05, 0.1) is 0 Å². The van der Waals surface area contributed by atoms with Gasteiger partial charge < -0.3 is 10.7 Å². The minimum atomic E-state index is -2.90. The van der Waals surface area contributed by atoms with Crippen molar-refractivity contribution in [1.82, 2.24) is 6.15 Å². The van der Waals surface area contributed by atoms with E-state index in [1.165, 1.54) is 7.11 Å². The summed E-state index contributed by atoms with van der Waals surface area (Å²) < 4.78 is 18.0. The van der Waals surface area contributed by atoms with E-state index in [4.69, 9.17) is 4.52 Å². The molecule has 2 rings (SSSR count). The molecule has 0 unspecified atom stereocenters. The van der Waals surface area contributed by atoms with Crippen LogP contribution in [0.1, 0.15) is 0 Å². The van der Waals surface area contributed by atoms with Gasteiger partial charge in [0.15, 0.2) is 0 Å². The molecule has 4 heteroatoms. The molecule has 0 aliphatic carbocycles. The first-order valence-electron chi connectivity index (χ1n) is 5.04. The first-order chi connectivity index (χ1) is 7.77. The molecule has 0 spiro atoms. The summed E-state index contributed by atoms with van der Waals surface area (Å²) in [7, 11) is -1.42. The number of rotatable bonds is 3. The third-order valence-corrected chi connectivity index (χ3v) is 4.92. The second-order valence-electron chi connectivity index (χ2n) is 3.41. The van der Waals surface area contributed by atoms with Gasteiger partial charge in [-0.1, -0.05) is 36.4 Å². The van der Waals surface area contributed by atoms with Crippen LogP contribution in [0.4, 0.5) is 0 Å². The van der Waals surface area contributed by atoms with Crippen LogP contribution in [0.5, 0.6) is 0 Å². The van der Waals surface area contributed by atoms with E-state index in [1.807, 2.05) is 60.7 Å². The Kier molecular flexibility index (Phi) is 4.64. The number of hydrogen-bond acceptors (Lipinski definition) is 3. The highest BCUT2D eigenvalue weighted by Gasteiger charge is 2.26. The number of benzene rings is 2. The molecule has 0 bridgehead atoms. The Morgan fingerprint density at radius 2 is 1.18 bits per heavy atom. The lowest BCUT2D eigenvalue weighted by molar-refractivity contribution is 0.412. The summed E-state index contributed by atoms with van der Waals surface area (Å²) in [5.74, 6) is 0. The quantitative estimate of drug-likeness (QED) is 0.851. The van der Waals surface area contributed by atoms with E-state index in [0.29, 0.717) is 0 Å². The van der Waals surface area contributed by atoms with Crippen LogP contribution in [-0.2, 0) is 9.09 Å². The monoisotopic (exact) mass is 249 g/mol. The molecule has 90 valence electrons. The zero-order valence-electron chi connectivity index (χ0n) is 9.74. The standard InChI is InChI=1S/C13H13O2P.H3N/c1-15-16(14,12-8-4-2-5-9-12)13-10-6-3-7-11-13;/h2-11H,1H3;1H3. The first-order valence-corrected chi connectivity index (χ1v) is 6.67. The van der Waals surface area contributed by atoms with Gasteiger partial charge in [-0.05, 0) is 24.3 Å². The SMILES string of the molecule is COP(=O)(c1ccccc1)c1ccccc1.N. The Morgan fingerprint density at radius 3 is 1.47 bits per heavy atom. The molecule has 0 heterocycles. The van der Waals surface area contributed by atoms with Crippen LogP contribution in [0.2, 0.25) is 0 Å². The zero-order chi connectivity index (χ0) is 11.4. The second-order valence-corrected chi connectivity index (χ2v) is 5.91. The van der Waals surface area contributed by atoms with Crippen LogP contribution in [0, 0.1) is 0 Å². The van der Waals surface area contributed by atoms with Crippen LogP contribution in [0.3, 0.4) is 0 Å². The fraction of sp³-hybridized carbons (Fsp3) is 0.0769. The summed E-state index contributed by atoms with van der Waals surface area (Å²) in [4.78, 5) is 0. The van der Waals surface area contributed by atoms with E-state index in [-0.39, 0.29) is 6.15 Å². The normalized spacial score (nSPS) is 10.6. The molecule has 3 nitrogen and oxygen atoms in total. The fourth-order valence-electron chi connectivity index (χ4n) is 1.61. The van der Waals surface area contributed by atoms with Crippen molar-refractivity contribution in [3.8, 4) is 0 Å². The Bertz CT molecular complexity index is 456. The smallest absolute Gasteiger partial charge is 0.261 e. The van der Waals surface area contributed by atoms with Gasteiger partial charge in [-0.15, -0.1) is 0 Å². The van der Waals surface area contributed by atoms with Crippen molar-refractivity contribution in [3.05, 3.63) is 60.7 Å². The molecule has 0 saturated carbocycles. The molecule has 2 aromatic carbocycles. The maximum atomic E-state index is 12.8. The molecule has 2 aromatic rings. The van der Waals surface area contributed by atoms with Gasteiger partial charge >= 0.3 is 0 Å².